The number of piperidine rings is 1. The van der Waals surface area contributed by atoms with E-state index in [0.29, 0.717) is 6.54 Å². The molecule has 4 nitrogen and oxygen atoms in total. The molecule has 1 amide bonds. The first-order valence-electron chi connectivity index (χ1n) is 6.79. The van der Waals surface area contributed by atoms with Gasteiger partial charge in [-0.2, -0.15) is 0 Å². The third kappa shape index (κ3) is 3.70. The third-order valence-electron chi connectivity index (χ3n) is 3.58. The molecule has 0 spiro atoms. The van der Waals surface area contributed by atoms with Gasteiger partial charge in [-0.05, 0) is 37.1 Å². The summed E-state index contributed by atoms with van der Waals surface area (Å²) in [6.07, 6.45) is 2.08. The van der Waals surface area contributed by atoms with Crippen molar-refractivity contribution < 1.29 is 9.53 Å². The van der Waals surface area contributed by atoms with E-state index in [1.165, 1.54) is 0 Å². The van der Waals surface area contributed by atoms with Crippen LogP contribution in [0.15, 0.2) is 24.3 Å². The number of nitrogens with one attached hydrogen (secondary N) is 1. The second kappa shape index (κ2) is 6.57. The van der Waals surface area contributed by atoms with Gasteiger partial charge in [-0.3, -0.25) is 4.79 Å². The minimum atomic E-state index is 0.129. The third-order valence-corrected chi connectivity index (χ3v) is 3.58. The monoisotopic (exact) mass is 262 g/mol. The molecular weight excluding hydrogens is 240 g/mol. The Morgan fingerprint density at radius 3 is 3.05 bits per heavy atom. The van der Waals surface area contributed by atoms with Crippen LogP contribution in [0.2, 0.25) is 0 Å². The molecule has 104 valence electrons. The van der Waals surface area contributed by atoms with E-state index in [2.05, 4.69) is 5.32 Å². The number of rotatable bonds is 4. The minimum absolute atomic E-state index is 0.129. The zero-order chi connectivity index (χ0) is 13.7. The number of methoxy groups -OCH3 is 1. The maximum Gasteiger partial charge on any atom is 0.227 e. The van der Waals surface area contributed by atoms with Gasteiger partial charge in [0.1, 0.15) is 5.75 Å². The summed E-state index contributed by atoms with van der Waals surface area (Å²) >= 11 is 0. The molecule has 1 aliphatic rings. The molecule has 0 radical (unpaired) electrons. The van der Waals surface area contributed by atoms with E-state index in [4.69, 9.17) is 4.74 Å². The zero-order valence-corrected chi connectivity index (χ0v) is 11.7. The second-order valence-corrected chi connectivity index (χ2v) is 5.09. The summed E-state index contributed by atoms with van der Waals surface area (Å²) in [7, 11) is 3.53. The van der Waals surface area contributed by atoms with Gasteiger partial charge in [-0.15, -0.1) is 0 Å². The Morgan fingerprint density at radius 1 is 1.53 bits per heavy atom. The van der Waals surface area contributed by atoms with Crippen molar-refractivity contribution in [2.45, 2.75) is 19.4 Å². The van der Waals surface area contributed by atoms with Gasteiger partial charge < -0.3 is 15.0 Å². The Hall–Kier alpha value is -1.55. The summed E-state index contributed by atoms with van der Waals surface area (Å²) in [5.41, 5.74) is 1.10. The molecule has 0 saturated carbocycles. The van der Waals surface area contributed by atoms with Crippen molar-refractivity contribution in [2.75, 3.05) is 27.2 Å². The smallest absolute Gasteiger partial charge is 0.227 e. The van der Waals surface area contributed by atoms with E-state index in [1.54, 1.807) is 7.11 Å². The number of nitrogens with zero attached hydrogens (tertiary/aromatic N) is 1. The topological polar surface area (TPSA) is 41.6 Å². The molecule has 1 aliphatic heterocycles. The normalized spacial score (nSPS) is 18.9. The SMILES string of the molecule is COc1cccc(CN(C)C(=O)[C@@H]2CCCNC2)c1. The summed E-state index contributed by atoms with van der Waals surface area (Å²) in [6.45, 7) is 2.47. The first-order chi connectivity index (χ1) is 9.20. The Bertz CT molecular complexity index is 428. The molecule has 1 aromatic carbocycles. The summed E-state index contributed by atoms with van der Waals surface area (Å²) in [6, 6.07) is 7.86. The van der Waals surface area contributed by atoms with E-state index in [-0.39, 0.29) is 11.8 Å². The molecule has 1 aromatic rings. The van der Waals surface area contributed by atoms with Gasteiger partial charge in [0.15, 0.2) is 0 Å². The molecule has 0 aliphatic carbocycles. The molecule has 1 N–H and O–H groups in total. The first-order valence-corrected chi connectivity index (χ1v) is 6.79. The van der Waals surface area contributed by atoms with Crippen molar-refractivity contribution in [1.29, 1.82) is 0 Å². The molecule has 4 heteroatoms. The molecule has 19 heavy (non-hydrogen) atoms. The van der Waals surface area contributed by atoms with Crippen molar-refractivity contribution in [3.63, 3.8) is 0 Å². The predicted octanol–water partition coefficient (Wildman–Crippen LogP) is 1.65. The lowest BCUT2D eigenvalue weighted by molar-refractivity contribution is -0.135. The lowest BCUT2D eigenvalue weighted by atomic mass is 9.98. The maximum atomic E-state index is 12.3. The van der Waals surface area contributed by atoms with E-state index in [0.717, 1.165) is 37.2 Å². The average Bonchev–Trinajstić information content (AvgIpc) is 2.47. The van der Waals surface area contributed by atoms with E-state index in [1.807, 2.05) is 36.2 Å². The number of benzene rings is 1. The van der Waals surface area contributed by atoms with Gasteiger partial charge in [0.2, 0.25) is 5.91 Å². The summed E-state index contributed by atoms with van der Waals surface area (Å²) in [5.74, 6) is 1.19. The van der Waals surface area contributed by atoms with Crippen LogP contribution in [0, 0.1) is 5.92 Å². The van der Waals surface area contributed by atoms with Crippen LogP contribution >= 0.6 is 0 Å². The van der Waals surface area contributed by atoms with Gasteiger partial charge in [0.25, 0.3) is 0 Å². The largest absolute Gasteiger partial charge is 0.497 e. The van der Waals surface area contributed by atoms with Crippen LogP contribution in [0.5, 0.6) is 5.75 Å². The maximum absolute atomic E-state index is 12.3. The van der Waals surface area contributed by atoms with Gasteiger partial charge >= 0.3 is 0 Å². The Kier molecular flexibility index (Phi) is 4.80. The Morgan fingerprint density at radius 2 is 2.37 bits per heavy atom. The Balaban J connectivity index is 1.95. The van der Waals surface area contributed by atoms with Gasteiger partial charge in [0.05, 0.1) is 13.0 Å². The highest BCUT2D eigenvalue weighted by atomic mass is 16.5. The zero-order valence-electron chi connectivity index (χ0n) is 11.7. The number of carbonyl (C=O) groups is 1. The fraction of sp³-hybridized carbons (Fsp3) is 0.533. The average molecular weight is 262 g/mol. The van der Waals surface area contributed by atoms with Gasteiger partial charge in [-0.1, -0.05) is 12.1 Å². The van der Waals surface area contributed by atoms with Crippen LogP contribution in [-0.4, -0.2) is 38.1 Å². The number of carbonyl (C=O) groups excluding carboxylic acids is 1. The van der Waals surface area contributed by atoms with E-state index >= 15 is 0 Å². The van der Waals surface area contributed by atoms with Crippen LogP contribution in [-0.2, 0) is 11.3 Å². The van der Waals surface area contributed by atoms with Crippen molar-refractivity contribution in [2.24, 2.45) is 5.92 Å². The number of hydrogen-bond donors (Lipinski definition) is 1. The number of ether oxygens (including phenoxy) is 1. The molecule has 0 bridgehead atoms. The highest BCUT2D eigenvalue weighted by Crippen LogP contribution is 2.17. The predicted molar refractivity (Wildman–Crippen MR) is 75.1 cm³/mol. The van der Waals surface area contributed by atoms with Crippen LogP contribution in [0.1, 0.15) is 18.4 Å². The highest BCUT2D eigenvalue weighted by molar-refractivity contribution is 5.78. The first kappa shape index (κ1) is 13.9. The molecule has 0 unspecified atom stereocenters. The van der Waals surface area contributed by atoms with E-state index in [9.17, 15) is 4.79 Å². The van der Waals surface area contributed by atoms with Crippen LogP contribution < -0.4 is 10.1 Å². The number of hydrogen-bond acceptors (Lipinski definition) is 3. The number of amides is 1. The fourth-order valence-electron chi connectivity index (χ4n) is 2.50. The van der Waals surface area contributed by atoms with Gasteiger partial charge in [0, 0.05) is 20.1 Å². The summed E-state index contributed by atoms with van der Waals surface area (Å²) in [5, 5.41) is 3.29. The van der Waals surface area contributed by atoms with Crippen molar-refractivity contribution in [1.82, 2.24) is 10.2 Å². The molecule has 0 aromatic heterocycles. The summed E-state index contributed by atoms with van der Waals surface area (Å²) in [4.78, 5) is 14.1. The molecular formula is C15H22N2O2. The lowest BCUT2D eigenvalue weighted by Gasteiger charge is -2.27. The van der Waals surface area contributed by atoms with Crippen molar-refractivity contribution in [3.8, 4) is 5.75 Å². The molecule has 2 rings (SSSR count). The molecule has 1 saturated heterocycles. The summed E-state index contributed by atoms with van der Waals surface area (Å²) < 4.78 is 5.20. The fourth-order valence-corrected chi connectivity index (χ4v) is 2.50. The highest BCUT2D eigenvalue weighted by Gasteiger charge is 2.23. The lowest BCUT2D eigenvalue weighted by Crippen LogP contribution is -2.41. The molecule has 1 heterocycles. The van der Waals surface area contributed by atoms with E-state index < -0.39 is 0 Å². The molecule has 1 fully saturated rings. The molecule has 1 atom stereocenters. The van der Waals surface area contributed by atoms with Crippen molar-refractivity contribution in [3.05, 3.63) is 29.8 Å². The Labute approximate surface area is 114 Å². The van der Waals surface area contributed by atoms with Crippen molar-refractivity contribution >= 4 is 5.91 Å². The second-order valence-electron chi connectivity index (χ2n) is 5.09. The quantitative estimate of drug-likeness (QED) is 0.897. The van der Waals surface area contributed by atoms with Crippen LogP contribution in [0.4, 0.5) is 0 Å². The minimum Gasteiger partial charge on any atom is -0.497 e. The van der Waals surface area contributed by atoms with Gasteiger partial charge in [-0.25, -0.2) is 0 Å². The van der Waals surface area contributed by atoms with Crippen LogP contribution in [0.25, 0.3) is 0 Å². The standard InChI is InChI=1S/C15H22N2O2/c1-17(15(18)13-6-4-8-16-10-13)11-12-5-3-7-14(9-12)19-2/h3,5,7,9,13,16H,4,6,8,10-11H2,1-2H3/t13-/m1/s1. The van der Waals surface area contributed by atoms with Crippen LogP contribution in [0.3, 0.4) is 0 Å².